The minimum atomic E-state index is 0.851. The lowest BCUT2D eigenvalue weighted by molar-refractivity contribution is 0.281. The summed E-state index contributed by atoms with van der Waals surface area (Å²) in [6, 6.07) is 24.2. The predicted molar refractivity (Wildman–Crippen MR) is 101 cm³/mol. The zero-order valence-electron chi connectivity index (χ0n) is 13.5. The first-order valence-electron chi connectivity index (χ1n) is 8.56. The number of hydrogen-bond donors (Lipinski definition) is 0. The summed E-state index contributed by atoms with van der Waals surface area (Å²) in [4.78, 5) is 0. The van der Waals surface area contributed by atoms with Gasteiger partial charge in [0, 0.05) is 34.2 Å². The van der Waals surface area contributed by atoms with Crippen LogP contribution in [0.15, 0.2) is 66.7 Å². The van der Waals surface area contributed by atoms with Crippen molar-refractivity contribution in [3.05, 3.63) is 88.4 Å². The third-order valence-corrected chi connectivity index (χ3v) is 5.87. The third-order valence-electron chi connectivity index (χ3n) is 5.63. The first-order valence-corrected chi connectivity index (χ1v) is 8.94. The van der Waals surface area contributed by atoms with Gasteiger partial charge in [0.15, 0.2) is 0 Å². The van der Waals surface area contributed by atoms with Crippen LogP contribution < -0.4 is 4.48 Å². The Morgan fingerprint density at radius 1 is 0.708 bits per heavy atom. The molecule has 1 nitrogen and oxygen atoms in total. The molecule has 0 amide bonds. The number of hydrogen-bond acceptors (Lipinski definition) is 0. The van der Waals surface area contributed by atoms with Crippen LogP contribution in [0.4, 0.5) is 5.69 Å². The maximum atomic E-state index is 6.24. The van der Waals surface area contributed by atoms with Crippen molar-refractivity contribution in [2.75, 3.05) is 6.54 Å². The Bertz CT molecular complexity index is 897. The molecule has 0 unspecified atom stereocenters. The van der Waals surface area contributed by atoms with E-state index in [4.69, 9.17) is 11.6 Å². The van der Waals surface area contributed by atoms with Gasteiger partial charge in [-0.1, -0.05) is 60.1 Å². The molecule has 0 fully saturated rings. The summed E-state index contributed by atoms with van der Waals surface area (Å²) in [6.07, 6.45) is 1.11. The minimum Gasteiger partial charge on any atom is -0.283 e. The second-order valence-corrected chi connectivity index (χ2v) is 7.46. The topological polar surface area (TPSA) is 0 Å². The highest BCUT2D eigenvalue weighted by atomic mass is 35.5. The van der Waals surface area contributed by atoms with Crippen molar-refractivity contribution in [3.63, 3.8) is 0 Å². The number of quaternary nitrogens is 1. The van der Waals surface area contributed by atoms with Gasteiger partial charge in [0.2, 0.25) is 0 Å². The summed E-state index contributed by atoms with van der Waals surface area (Å²) >= 11 is 6.24. The molecule has 0 aliphatic carbocycles. The van der Waals surface area contributed by atoms with E-state index in [-0.39, 0.29) is 0 Å². The van der Waals surface area contributed by atoms with Crippen LogP contribution in [0.1, 0.15) is 16.7 Å². The van der Waals surface area contributed by atoms with Crippen molar-refractivity contribution in [3.8, 4) is 11.1 Å². The SMILES string of the molecule is Clc1ccc2c(c1)CC[N+]21Cc2ccccc2-c2ccccc2C1. The van der Waals surface area contributed by atoms with Gasteiger partial charge in [0.1, 0.15) is 18.8 Å². The molecule has 0 N–H and O–H groups in total. The Kier molecular flexibility index (Phi) is 3.09. The Morgan fingerprint density at radius 2 is 1.33 bits per heavy atom. The highest BCUT2D eigenvalue weighted by Gasteiger charge is 2.41. The van der Waals surface area contributed by atoms with Crippen LogP contribution in [0, 0.1) is 0 Å². The second kappa shape index (κ2) is 5.20. The van der Waals surface area contributed by atoms with Gasteiger partial charge in [-0.05, 0) is 23.3 Å². The normalized spacial score (nSPS) is 17.0. The average Bonchev–Trinajstić information content (AvgIpc) is 2.85. The lowest BCUT2D eigenvalue weighted by Gasteiger charge is -2.34. The molecule has 2 heterocycles. The van der Waals surface area contributed by atoms with Crippen molar-refractivity contribution in [1.82, 2.24) is 4.48 Å². The van der Waals surface area contributed by atoms with Gasteiger partial charge in [0.25, 0.3) is 0 Å². The van der Waals surface area contributed by atoms with Crippen molar-refractivity contribution >= 4 is 17.3 Å². The summed E-state index contributed by atoms with van der Waals surface area (Å²) in [5.74, 6) is 0. The molecular formula is C22H19ClN+. The van der Waals surface area contributed by atoms with E-state index in [1.165, 1.54) is 33.5 Å². The standard InChI is InChI=1S/C22H19ClN/c23-19-9-10-22-16(13-19)11-12-24(22)14-17-5-1-3-7-20(17)21-8-4-2-6-18(21)15-24/h1-10,13H,11-12,14-15H2/q+1. The largest absolute Gasteiger partial charge is 0.283 e. The molecule has 24 heavy (non-hydrogen) atoms. The zero-order valence-corrected chi connectivity index (χ0v) is 14.3. The quantitative estimate of drug-likeness (QED) is 0.471. The number of nitrogens with zero attached hydrogens (tertiary/aromatic N) is 1. The maximum absolute atomic E-state index is 6.24. The van der Waals surface area contributed by atoms with Gasteiger partial charge in [-0.15, -0.1) is 0 Å². The summed E-state index contributed by atoms with van der Waals surface area (Å²) in [6.45, 7) is 3.26. The number of halogens is 1. The summed E-state index contributed by atoms with van der Waals surface area (Å²) in [5, 5.41) is 0.851. The molecular weight excluding hydrogens is 314 g/mol. The molecule has 118 valence electrons. The molecule has 0 radical (unpaired) electrons. The fourth-order valence-corrected chi connectivity index (χ4v) is 4.75. The van der Waals surface area contributed by atoms with E-state index in [9.17, 15) is 0 Å². The zero-order chi connectivity index (χ0) is 16.1. The van der Waals surface area contributed by atoms with E-state index < -0.39 is 0 Å². The second-order valence-electron chi connectivity index (χ2n) is 7.02. The lowest BCUT2D eigenvalue weighted by atomic mass is 9.97. The fourth-order valence-electron chi connectivity index (χ4n) is 4.55. The molecule has 3 aromatic rings. The van der Waals surface area contributed by atoms with Gasteiger partial charge in [-0.25, -0.2) is 0 Å². The Balaban J connectivity index is 1.75. The fraction of sp³-hybridized carbons (Fsp3) is 0.182. The van der Waals surface area contributed by atoms with E-state index in [2.05, 4.69) is 66.7 Å². The Hall–Kier alpha value is -2.09. The van der Waals surface area contributed by atoms with Crippen LogP contribution in [-0.4, -0.2) is 6.54 Å². The highest BCUT2D eigenvalue weighted by Crippen LogP contribution is 2.44. The lowest BCUT2D eigenvalue weighted by Crippen LogP contribution is -2.45. The van der Waals surface area contributed by atoms with Gasteiger partial charge in [-0.2, -0.15) is 0 Å². The maximum Gasteiger partial charge on any atom is 0.136 e. The van der Waals surface area contributed by atoms with E-state index in [0.717, 1.165) is 35.6 Å². The van der Waals surface area contributed by atoms with Crippen LogP contribution in [0.2, 0.25) is 5.02 Å². The molecule has 5 rings (SSSR count). The monoisotopic (exact) mass is 332 g/mol. The van der Waals surface area contributed by atoms with Crippen molar-refractivity contribution in [2.24, 2.45) is 0 Å². The predicted octanol–water partition coefficient (Wildman–Crippen LogP) is 5.58. The summed E-state index contributed by atoms with van der Waals surface area (Å²) in [7, 11) is 0. The first kappa shape index (κ1) is 14.3. The van der Waals surface area contributed by atoms with Gasteiger partial charge >= 0.3 is 0 Å². The van der Waals surface area contributed by atoms with Crippen LogP contribution in [-0.2, 0) is 19.5 Å². The van der Waals surface area contributed by atoms with Crippen molar-refractivity contribution < 1.29 is 0 Å². The van der Waals surface area contributed by atoms with E-state index in [1.54, 1.807) is 0 Å². The molecule has 0 atom stereocenters. The van der Waals surface area contributed by atoms with Crippen molar-refractivity contribution in [2.45, 2.75) is 19.5 Å². The molecule has 0 bridgehead atoms. The molecule has 2 aliphatic rings. The Morgan fingerprint density at radius 3 is 2.00 bits per heavy atom. The Labute approximate surface area is 147 Å². The van der Waals surface area contributed by atoms with E-state index >= 15 is 0 Å². The van der Waals surface area contributed by atoms with Crippen molar-refractivity contribution in [1.29, 1.82) is 0 Å². The molecule has 2 aliphatic heterocycles. The number of benzene rings is 3. The molecule has 0 saturated heterocycles. The molecule has 2 heteroatoms. The van der Waals surface area contributed by atoms with Crippen LogP contribution in [0.25, 0.3) is 11.1 Å². The molecule has 0 aromatic heterocycles. The summed E-state index contributed by atoms with van der Waals surface area (Å²) < 4.78 is 1.01. The minimum absolute atomic E-state index is 0.851. The van der Waals surface area contributed by atoms with Gasteiger partial charge in [0.05, 0.1) is 6.54 Å². The molecule has 3 aromatic carbocycles. The van der Waals surface area contributed by atoms with Crippen LogP contribution >= 0.6 is 11.6 Å². The van der Waals surface area contributed by atoms with Crippen LogP contribution in [0.5, 0.6) is 0 Å². The highest BCUT2D eigenvalue weighted by molar-refractivity contribution is 6.30. The van der Waals surface area contributed by atoms with Gasteiger partial charge in [-0.3, -0.25) is 4.48 Å². The van der Waals surface area contributed by atoms with Gasteiger partial charge < -0.3 is 0 Å². The molecule has 0 saturated carbocycles. The van der Waals surface area contributed by atoms with E-state index in [0.29, 0.717) is 0 Å². The smallest absolute Gasteiger partial charge is 0.136 e. The molecule has 1 spiro atoms. The number of fused-ring (bicyclic) bond motifs is 5. The number of rotatable bonds is 0. The average molecular weight is 333 g/mol. The first-order chi connectivity index (χ1) is 11.8. The summed E-state index contributed by atoms with van der Waals surface area (Å²) in [5.41, 5.74) is 8.55. The third kappa shape index (κ3) is 2.05. The van der Waals surface area contributed by atoms with E-state index in [1.807, 2.05) is 0 Å². The van der Waals surface area contributed by atoms with Crippen LogP contribution in [0.3, 0.4) is 0 Å².